The molecule has 0 aliphatic heterocycles. The molecule has 0 bridgehead atoms. The molecule has 0 unspecified atom stereocenters. The molecule has 1 aromatic heterocycles. The van der Waals surface area contributed by atoms with Crippen LogP contribution in [0.15, 0.2) is 28.9 Å². The summed E-state index contributed by atoms with van der Waals surface area (Å²) in [6, 6.07) is 7.89. The van der Waals surface area contributed by atoms with Gasteiger partial charge in [0.15, 0.2) is 0 Å². The monoisotopic (exact) mass is 327 g/mol. The van der Waals surface area contributed by atoms with Crippen LogP contribution in [-0.2, 0) is 6.42 Å². The van der Waals surface area contributed by atoms with E-state index in [2.05, 4.69) is 20.9 Å². The van der Waals surface area contributed by atoms with Gasteiger partial charge >= 0.3 is 0 Å². The fourth-order valence-corrected chi connectivity index (χ4v) is 3.26. The predicted molar refractivity (Wildman–Crippen MR) is 77.2 cm³/mol. The molecule has 2 aromatic rings. The van der Waals surface area contributed by atoms with Crippen molar-refractivity contribution in [2.45, 2.75) is 13.3 Å². The third-order valence-corrected chi connectivity index (χ3v) is 4.48. The zero-order valence-corrected chi connectivity index (χ0v) is 12.4. The Labute approximate surface area is 119 Å². The van der Waals surface area contributed by atoms with Crippen molar-refractivity contribution < 1.29 is 9.84 Å². The van der Waals surface area contributed by atoms with Crippen LogP contribution in [0, 0.1) is 0 Å². The molecule has 3 nitrogen and oxygen atoms in total. The van der Waals surface area contributed by atoms with E-state index in [1.54, 1.807) is 11.3 Å². The Morgan fingerprint density at radius 2 is 2.06 bits per heavy atom. The van der Waals surface area contributed by atoms with Gasteiger partial charge in [0, 0.05) is 23.5 Å². The minimum absolute atomic E-state index is 0.142. The summed E-state index contributed by atoms with van der Waals surface area (Å²) in [5.41, 5.74) is 1.06. The summed E-state index contributed by atoms with van der Waals surface area (Å²) in [5.74, 6) is 0.868. The molecule has 0 amide bonds. The maximum atomic E-state index is 8.96. The topological polar surface area (TPSA) is 42.4 Å². The van der Waals surface area contributed by atoms with Crippen molar-refractivity contribution in [3.63, 3.8) is 0 Å². The lowest BCUT2D eigenvalue weighted by Gasteiger charge is -2.02. The maximum Gasteiger partial charge on any atom is 0.124 e. The van der Waals surface area contributed by atoms with Crippen molar-refractivity contribution in [2.24, 2.45) is 0 Å². The van der Waals surface area contributed by atoms with Crippen molar-refractivity contribution >= 4 is 27.3 Å². The van der Waals surface area contributed by atoms with E-state index >= 15 is 0 Å². The lowest BCUT2D eigenvalue weighted by atomic mass is 10.2. The van der Waals surface area contributed by atoms with Gasteiger partial charge in [-0.3, -0.25) is 0 Å². The molecule has 0 saturated carbocycles. The first-order valence-corrected chi connectivity index (χ1v) is 7.34. The van der Waals surface area contributed by atoms with Crippen LogP contribution in [0.3, 0.4) is 0 Å². The molecule has 1 heterocycles. The van der Waals surface area contributed by atoms with Crippen molar-refractivity contribution in [3.05, 3.63) is 33.7 Å². The number of benzene rings is 1. The third-order valence-electron chi connectivity index (χ3n) is 2.40. The molecule has 1 aromatic carbocycles. The standard InChI is InChI=1S/C13H14BrNO2S/c1-2-17-10-5-3-9(4-6-10)13-15-12(14)11(18-13)7-8-16/h3-6,16H,2,7-8H2,1H3. The Kier molecular flexibility index (Phi) is 4.74. The second-order valence-corrected chi connectivity index (χ2v) is 5.50. The van der Waals surface area contributed by atoms with Crippen LogP contribution in [0.1, 0.15) is 11.8 Å². The van der Waals surface area contributed by atoms with E-state index in [4.69, 9.17) is 9.84 Å². The van der Waals surface area contributed by atoms with Gasteiger partial charge in [-0.05, 0) is 47.1 Å². The van der Waals surface area contributed by atoms with Gasteiger partial charge < -0.3 is 9.84 Å². The first kappa shape index (κ1) is 13.5. The van der Waals surface area contributed by atoms with Crippen LogP contribution >= 0.6 is 27.3 Å². The molecule has 96 valence electrons. The second-order valence-electron chi connectivity index (χ2n) is 3.66. The Morgan fingerprint density at radius 3 is 2.67 bits per heavy atom. The third kappa shape index (κ3) is 3.10. The van der Waals surface area contributed by atoms with Gasteiger partial charge in [0.05, 0.1) is 6.61 Å². The van der Waals surface area contributed by atoms with Gasteiger partial charge in [-0.15, -0.1) is 11.3 Å². The van der Waals surface area contributed by atoms with Crippen LogP contribution < -0.4 is 4.74 Å². The summed E-state index contributed by atoms with van der Waals surface area (Å²) >= 11 is 5.02. The molecule has 5 heteroatoms. The summed E-state index contributed by atoms with van der Waals surface area (Å²) in [6.07, 6.45) is 0.634. The predicted octanol–water partition coefficient (Wildman–Crippen LogP) is 3.51. The van der Waals surface area contributed by atoms with Gasteiger partial charge in [0.2, 0.25) is 0 Å². The number of hydrogen-bond donors (Lipinski definition) is 1. The van der Waals surface area contributed by atoms with Crippen molar-refractivity contribution in [3.8, 4) is 16.3 Å². The quantitative estimate of drug-likeness (QED) is 0.913. The highest BCUT2D eigenvalue weighted by Crippen LogP contribution is 2.32. The van der Waals surface area contributed by atoms with Gasteiger partial charge in [0.25, 0.3) is 0 Å². The fourth-order valence-electron chi connectivity index (χ4n) is 1.57. The maximum absolute atomic E-state index is 8.96. The second kappa shape index (κ2) is 6.31. The van der Waals surface area contributed by atoms with Gasteiger partial charge in [-0.25, -0.2) is 4.98 Å². The largest absolute Gasteiger partial charge is 0.494 e. The molecule has 0 aliphatic rings. The minimum Gasteiger partial charge on any atom is -0.494 e. The molecule has 0 radical (unpaired) electrons. The molecule has 18 heavy (non-hydrogen) atoms. The fraction of sp³-hybridized carbons (Fsp3) is 0.308. The van der Waals surface area contributed by atoms with Crippen LogP contribution in [0.4, 0.5) is 0 Å². The summed E-state index contributed by atoms with van der Waals surface area (Å²) < 4.78 is 6.23. The number of halogens is 1. The highest BCUT2D eigenvalue weighted by Gasteiger charge is 2.10. The molecular formula is C13H14BrNO2S. The minimum atomic E-state index is 0.142. The summed E-state index contributed by atoms with van der Waals surface area (Å²) in [6.45, 7) is 2.78. The first-order valence-electron chi connectivity index (χ1n) is 5.74. The van der Waals surface area contributed by atoms with E-state index in [0.717, 1.165) is 25.8 Å². The van der Waals surface area contributed by atoms with Crippen LogP contribution in [0.25, 0.3) is 10.6 Å². The zero-order valence-electron chi connectivity index (χ0n) is 10.0. The normalized spacial score (nSPS) is 10.6. The van der Waals surface area contributed by atoms with E-state index in [1.807, 2.05) is 31.2 Å². The van der Waals surface area contributed by atoms with E-state index in [0.29, 0.717) is 13.0 Å². The summed E-state index contributed by atoms with van der Waals surface area (Å²) in [7, 11) is 0. The average molecular weight is 328 g/mol. The van der Waals surface area contributed by atoms with Gasteiger partial charge in [0.1, 0.15) is 15.4 Å². The van der Waals surface area contributed by atoms with Crippen LogP contribution in [0.2, 0.25) is 0 Å². The van der Waals surface area contributed by atoms with Crippen LogP contribution in [0.5, 0.6) is 5.75 Å². The number of aliphatic hydroxyl groups excluding tert-OH is 1. The SMILES string of the molecule is CCOc1ccc(-c2nc(Br)c(CCO)s2)cc1. The summed E-state index contributed by atoms with van der Waals surface area (Å²) in [4.78, 5) is 5.53. The van der Waals surface area contributed by atoms with E-state index in [9.17, 15) is 0 Å². The molecule has 0 fully saturated rings. The zero-order chi connectivity index (χ0) is 13.0. The number of hydrogen-bond acceptors (Lipinski definition) is 4. The van der Waals surface area contributed by atoms with Gasteiger partial charge in [-0.1, -0.05) is 0 Å². The Balaban J connectivity index is 2.22. The highest BCUT2D eigenvalue weighted by molar-refractivity contribution is 9.10. The molecule has 2 rings (SSSR count). The lowest BCUT2D eigenvalue weighted by Crippen LogP contribution is -1.90. The van der Waals surface area contributed by atoms with Crippen molar-refractivity contribution in [1.82, 2.24) is 4.98 Å². The first-order chi connectivity index (χ1) is 8.74. The number of thiazole rings is 1. The number of aliphatic hydroxyl groups is 1. The molecule has 0 aliphatic carbocycles. The smallest absolute Gasteiger partial charge is 0.124 e. The average Bonchev–Trinajstić information content (AvgIpc) is 2.73. The Bertz CT molecular complexity index is 510. The lowest BCUT2D eigenvalue weighted by molar-refractivity contribution is 0.300. The summed E-state index contributed by atoms with van der Waals surface area (Å²) in [5, 5.41) is 9.91. The molecule has 0 spiro atoms. The molecule has 0 saturated heterocycles. The molecular weight excluding hydrogens is 314 g/mol. The van der Waals surface area contributed by atoms with E-state index in [-0.39, 0.29) is 6.61 Å². The number of aromatic nitrogens is 1. The molecule has 0 atom stereocenters. The Hall–Kier alpha value is -0.910. The highest BCUT2D eigenvalue weighted by atomic mass is 79.9. The number of ether oxygens (including phenoxy) is 1. The molecule has 1 N–H and O–H groups in total. The van der Waals surface area contributed by atoms with E-state index in [1.165, 1.54) is 0 Å². The van der Waals surface area contributed by atoms with Crippen molar-refractivity contribution in [1.29, 1.82) is 0 Å². The number of nitrogens with zero attached hydrogens (tertiary/aromatic N) is 1. The Morgan fingerprint density at radius 1 is 1.33 bits per heavy atom. The van der Waals surface area contributed by atoms with Crippen LogP contribution in [-0.4, -0.2) is 23.3 Å². The van der Waals surface area contributed by atoms with Crippen molar-refractivity contribution in [2.75, 3.05) is 13.2 Å². The van der Waals surface area contributed by atoms with E-state index < -0.39 is 0 Å². The van der Waals surface area contributed by atoms with Gasteiger partial charge in [-0.2, -0.15) is 0 Å². The number of rotatable bonds is 5.